The van der Waals surface area contributed by atoms with Crippen molar-refractivity contribution in [2.24, 2.45) is 0 Å². The van der Waals surface area contributed by atoms with E-state index in [1.165, 1.54) is 6.07 Å². The van der Waals surface area contributed by atoms with Gasteiger partial charge >= 0.3 is 5.97 Å². The monoisotopic (exact) mass is 372 g/mol. The van der Waals surface area contributed by atoms with Crippen molar-refractivity contribution in [2.45, 2.75) is 0 Å². The van der Waals surface area contributed by atoms with Gasteiger partial charge in [-0.1, -0.05) is 0 Å². The quantitative estimate of drug-likeness (QED) is 0.741. The number of halogens is 3. The van der Waals surface area contributed by atoms with Crippen molar-refractivity contribution in [1.29, 1.82) is 0 Å². The van der Waals surface area contributed by atoms with Gasteiger partial charge in [0.2, 0.25) is 0 Å². The number of carboxylic acids is 1. The number of aromatic hydroxyl groups is 1. The van der Waals surface area contributed by atoms with Gasteiger partial charge in [0.15, 0.2) is 0 Å². The number of phenolic OH excluding ortho intramolecular Hbond substituents is 1. The molecular formula is C7H3Br3O3. The molecule has 3 nitrogen and oxygen atoms in total. The highest BCUT2D eigenvalue weighted by atomic mass is 79.9. The van der Waals surface area contributed by atoms with Gasteiger partial charge in [0, 0.05) is 4.47 Å². The summed E-state index contributed by atoms with van der Waals surface area (Å²) < 4.78 is 1.29. The van der Waals surface area contributed by atoms with Gasteiger partial charge < -0.3 is 10.2 Å². The van der Waals surface area contributed by atoms with Gasteiger partial charge in [-0.05, 0) is 53.9 Å². The topological polar surface area (TPSA) is 57.5 Å². The summed E-state index contributed by atoms with van der Waals surface area (Å²) in [5.41, 5.74) is 0.00701. The molecule has 0 radical (unpaired) electrons. The van der Waals surface area contributed by atoms with E-state index in [1.807, 2.05) is 0 Å². The zero-order valence-electron chi connectivity index (χ0n) is 6.01. The smallest absolute Gasteiger partial charge is 0.337 e. The molecule has 0 aliphatic carbocycles. The zero-order chi connectivity index (χ0) is 10.2. The molecule has 1 aromatic carbocycles. The summed E-state index contributed by atoms with van der Waals surface area (Å²) in [5.74, 6) is -1.22. The summed E-state index contributed by atoms with van der Waals surface area (Å²) in [5, 5.41) is 18.0. The Morgan fingerprint density at radius 3 is 2.15 bits per heavy atom. The van der Waals surface area contributed by atoms with Crippen molar-refractivity contribution >= 4 is 53.8 Å². The minimum atomic E-state index is -1.10. The summed E-state index contributed by atoms with van der Waals surface area (Å²) >= 11 is 9.32. The molecule has 0 aliphatic heterocycles. The predicted octanol–water partition coefficient (Wildman–Crippen LogP) is 3.38. The molecule has 0 aromatic heterocycles. The van der Waals surface area contributed by atoms with Crippen LogP contribution in [0.25, 0.3) is 0 Å². The van der Waals surface area contributed by atoms with Crippen LogP contribution in [0.3, 0.4) is 0 Å². The number of hydrogen-bond acceptors (Lipinski definition) is 2. The highest BCUT2D eigenvalue weighted by Crippen LogP contribution is 2.39. The van der Waals surface area contributed by atoms with Gasteiger partial charge in [-0.2, -0.15) is 0 Å². The first-order valence-electron chi connectivity index (χ1n) is 3.05. The highest BCUT2D eigenvalue weighted by molar-refractivity contribution is 9.14. The second-order valence-corrected chi connectivity index (χ2v) is 4.57. The van der Waals surface area contributed by atoms with Crippen LogP contribution in [-0.4, -0.2) is 16.2 Å². The van der Waals surface area contributed by atoms with Crippen molar-refractivity contribution in [3.8, 4) is 5.75 Å². The number of rotatable bonds is 1. The van der Waals surface area contributed by atoms with E-state index < -0.39 is 5.97 Å². The van der Waals surface area contributed by atoms with E-state index in [0.717, 1.165) is 0 Å². The fourth-order valence-corrected chi connectivity index (χ4v) is 2.22. The maximum atomic E-state index is 10.7. The van der Waals surface area contributed by atoms with Crippen LogP contribution >= 0.6 is 47.8 Å². The molecular weight excluding hydrogens is 372 g/mol. The molecule has 70 valence electrons. The van der Waals surface area contributed by atoms with Crippen molar-refractivity contribution in [2.75, 3.05) is 0 Å². The Labute approximate surface area is 99.1 Å². The van der Waals surface area contributed by atoms with Gasteiger partial charge in [0.05, 0.1) is 14.5 Å². The molecule has 1 aromatic rings. The lowest BCUT2D eigenvalue weighted by atomic mass is 10.2. The SMILES string of the molecule is O=C(O)c1cc(O)c(Br)c(Br)c1Br. The maximum absolute atomic E-state index is 10.7. The summed E-state index contributed by atoms with van der Waals surface area (Å²) in [4.78, 5) is 10.7. The van der Waals surface area contributed by atoms with Crippen LogP contribution in [0.1, 0.15) is 10.4 Å². The normalized spacial score (nSPS) is 10.1. The number of hydrogen-bond donors (Lipinski definition) is 2. The first kappa shape index (κ1) is 11.0. The van der Waals surface area contributed by atoms with E-state index in [4.69, 9.17) is 5.11 Å². The Bertz CT molecular complexity index is 376. The minimum Gasteiger partial charge on any atom is -0.507 e. The Morgan fingerprint density at radius 1 is 1.15 bits per heavy atom. The van der Waals surface area contributed by atoms with Gasteiger partial charge in [-0.15, -0.1) is 0 Å². The van der Waals surface area contributed by atoms with E-state index in [0.29, 0.717) is 13.4 Å². The van der Waals surface area contributed by atoms with Crippen LogP contribution in [0.5, 0.6) is 5.75 Å². The van der Waals surface area contributed by atoms with E-state index in [1.54, 1.807) is 0 Å². The minimum absolute atomic E-state index is 0.00701. The average Bonchev–Trinajstić information content (AvgIpc) is 2.07. The van der Waals surface area contributed by atoms with Crippen LogP contribution < -0.4 is 0 Å². The highest BCUT2D eigenvalue weighted by Gasteiger charge is 2.16. The largest absolute Gasteiger partial charge is 0.507 e. The second kappa shape index (κ2) is 3.98. The number of aromatic carboxylic acids is 1. The van der Waals surface area contributed by atoms with E-state index in [2.05, 4.69) is 47.8 Å². The molecule has 0 spiro atoms. The van der Waals surface area contributed by atoms with Crippen LogP contribution in [0.4, 0.5) is 0 Å². The first-order chi connectivity index (χ1) is 5.95. The van der Waals surface area contributed by atoms with Crippen molar-refractivity contribution in [3.63, 3.8) is 0 Å². The van der Waals surface area contributed by atoms with Gasteiger partial charge in [-0.3, -0.25) is 0 Å². The molecule has 0 amide bonds. The molecule has 0 heterocycles. The lowest BCUT2D eigenvalue weighted by Gasteiger charge is -2.05. The standard InChI is InChI=1S/C7H3Br3O3/c8-4-2(7(12)13)1-3(11)5(9)6(4)10/h1,11H,(H,12,13). The third-order valence-corrected chi connectivity index (χ3v) is 4.84. The van der Waals surface area contributed by atoms with Crippen LogP contribution in [0, 0.1) is 0 Å². The zero-order valence-corrected chi connectivity index (χ0v) is 10.8. The Morgan fingerprint density at radius 2 is 1.69 bits per heavy atom. The Kier molecular flexibility index (Phi) is 3.37. The van der Waals surface area contributed by atoms with Crippen molar-refractivity contribution < 1.29 is 15.0 Å². The van der Waals surface area contributed by atoms with Crippen LogP contribution in [-0.2, 0) is 0 Å². The predicted molar refractivity (Wildman–Crippen MR) is 58.2 cm³/mol. The van der Waals surface area contributed by atoms with Crippen molar-refractivity contribution in [1.82, 2.24) is 0 Å². The van der Waals surface area contributed by atoms with Crippen LogP contribution in [0.2, 0.25) is 0 Å². The van der Waals surface area contributed by atoms with Gasteiger partial charge in [-0.25, -0.2) is 4.79 Å². The summed E-state index contributed by atoms with van der Waals surface area (Å²) in [6.45, 7) is 0. The second-order valence-electron chi connectivity index (χ2n) is 2.19. The summed E-state index contributed by atoms with van der Waals surface area (Å²) in [6.07, 6.45) is 0. The molecule has 0 unspecified atom stereocenters. The first-order valence-corrected chi connectivity index (χ1v) is 5.42. The summed E-state index contributed by atoms with van der Waals surface area (Å²) in [6, 6.07) is 1.17. The fraction of sp³-hybridized carbons (Fsp3) is 0. The summed E-state index contributed by atoms with van der Waals surface area (Å²) in [7, 11) is 0. The number of carboxylic acid groups (broad SMARTS) is 1. The molecule has 0 atom stereocenters. The fourth-order valence-electron chi connectivity index (χ4n) is 0.746. The lowest BCUT2D eigenvalue weighted by molar-refractivity contribution is 0.0695. The Balaban J connectivity index is 3.50. The molecule has 0 saturated carbocycles. The molecule has 0 bridgehead atoms. The average molecular weight is 375 g/mol. The van der Waals surface area contributed by atoms with Gasteiger partial charge in [0.1, 0.15) is 5.75 Å². The number of benzene rings is 1. The molecule has 0 fully saturated rings. The Hall–Kier alpha value is -0.0700. The lowest BCUT2D eigenvalue weighted by Crippen LogP contribution is -1.98. The molecule has 0 aliphatic rings. The van der Waals surface area contributed by atoms with E-state index >= 15 is 0 Å². The van der Waals surface area contributed by atoms with Crippen molar-refractivity contribution in [3.05, 3.63) is 25.0 Å². The van der Waals surface area contributed by atoms with E-state index in [-0.39, 0.29) is 11.3 Å². The van der Waals surface area contributed by atoms with Gasteiger partial charge in [0.25, 0.3) is 0 Å². The molecule has 1 rings (SSSR count). The molecule has 13 heavy (non-hydrogen) atoms. The third-order valence-electron chi connectivity index (χ3n) is 1.36. The molecule has 2 N–H and O–H groups in total. The van der Waals surface area contributed by atoms with Crippen LogP contribution in [0.15, 0.2) is 19.5 Å². The maximum Gasteiger partial charge on any atom is 0.337 e. The number of phenols is 1. The third kappa shape index (κ3) is 2.05. The van der Waals surface area contributed by atoms with E-state index in [9.17, 15) is 9.90 Å². The molecule has 6 heteroatoms. The number of carbonyl (C=O) groups is 1. The molecule has 0 saturated heterocycles.